The van der Waals surface area contributed by atoms with Gasteiger partial charge in [0.1, 0.15) is 12.2 Å². The summed E-state index contributed by atoms with van der Waals surface area (Å²) in [6.45, 7) is 8.95. The van der Waals surface area contributed by atoms with Crippen LogP contribution in [0, 0.1) is 11.8 Å². The third kappa shape index (κ3) is 12.5. The van der Waals surface area contributed by atoms with E-state index in [9.17, 15) is 25.2 Å². The number of aliphatic hydroxyl groups is 4. The van der Waals surface area contributed by atoms with Gasteiger partial charge in [0.05, 0.1) is 6.10 Å². The second-order valence-corrected chi connectivity index (χ2v) is 8.64. The molecule has 6 nitrogen and oxygen atoms in total. The first-order valence-electron chi connectivity index (χ1n) is 10.7. The van der Waals surface area contributed by atoms with Crippen LogP contribution in [0.15, 0.2) is 11.6 Å². The molecule has 0 saturated carbocycles. The lowest BCUT2D eigenvalue weighted by atomic mass is 9.94. The highest BCUT2D eigenvalue weighted by Gasteiger charge is 2.33. The Hall–Kier alpha value is -0.950. The normalized spacial score (nSPS) is 18.0. The smallest absolute Gasteiger partial charge is 0.335 e. The Morgan fingerprint density at radius 1 is 0.857 bits per heavy atom. The lowest BCUT2D eigenvalue weighted by Gasteiger charge is -2.24. The van der Waals surface area contributed by atoms with E-state index in [4.69, 9.17) is 5.11 Å². The van der Waals surface area contributed by atoms with E-state index < -0.39 is 30.4 Å². The Balaban J connectivity index is 3.98. The third-order valence-corrected chi connectivity index (χ3v) is 5.26. The van der Waals surface area contributed by atoms with Gasteiger partial charge in [-0.25, -0.2) is 4.79 Å². The summed E-state index contributed by atoms with van der Waals surface area (Å²) in [5.74, 6) is -0.0928. The molecule has 2 unspecified atom stereocenters. The largest absolute Gasteiger partial charge is 0.479 e. The van der Waals surface area contributed by atoms with Crippen LogP contribution in [0.1, 0.15) is 85.5 Å². The maximum absolute atomic E-state index is 10.6. The van der Waals surface area contributed by atoms with Crippen molar-refractivity contribution in [2.45, 2.75) is 110 Å². The molecule has 6 heteroatoms. The molecule has 5 atom stereocenters. The Morgan fingerprint density at radius 2 is 1.46 bits per heavy atom. The van der Waals surface area contributed by atoms with E-state index >= 15 is 0 Å². The lowest BCUT2D eigenvalue weighted by molar-refractivity contribution is -0.163. The van der Waals surface area contributed by atoms with Gasteiger partial charge in [-0.1, -0.05) is 58.1 Å². The van der Waals surface area contributed by atoms with Gasteiger partial charge < -0.3 is 25.5 Å². The fraction of sp³-hybridized carbons (Fsp3) is 0.864. The number of carbonyl (C=O) groups is 1. The second kappa shape index (κ2) is 15.0. The molecule has 0 bridgehead atoms. The molecule has 0 saturated heterocycles. The predicted octanol–water partition coefficient (Wildman–Crippen LogP) is 3.26. The molecule has 0 fully saturated rings. The van der Waals surface area contributed by atoms with E-state index in [0.717, 1.165) is 24.7 Å². The summed E-state index contributed by atoms with van der Waals surface area (Å²) >= 11 is 0. The van der Waals surface area contributed by atoms with Crippen LogP contribution in [0.4, 0.5) is 0 Å². The van der Waals surface area contributed by atoms with E-state index in [1.807, 2.05) is 0 Å². The molecular formula is C22H42O6. The zero-order chi connectivity index (χ0) is 21.7. The van der Waals surface area contributed by atoms with Crippen LogP contribution in [0.2, 0.25) is 0 Å². The fourth-order valence-electron chi connectivity index (χ4n) is 3.26. The van der Waals surface area contributed by atoms with Crippen LogP contribution in [-0.4, -0.2) is 55.9 Å². The Kier molecular flexibility index (Phi) is 14.5. The summed E-state index contributed by atoms with van der Waals surface area (Å²) in [7, 11) is 0. The minimum absolute atomic E-state index is 0.223. The number of rotatable bonds is 16. The van der Waals surface area contributed by atoms with Crippen molar-refractivity contribution in [3.63, 3.8) is 0 Å². The zero-order valence-electron chi connectivity index (χ0n) is 18.0. The number of unbranched alkanes of at least 4 members (excludes halogenated alkanes) is 1. The second-order valence-electron chi connectivity index (χ2n) is 8.64. The number of aliphatic hydroxyl groups excluding tert-OH is 4. The first kappa shape index (κ1) is 27.0. The monoisotopic (exact) mass is 402 g/mol. The number of allylic oxidation sites excluding steroid dienone is 2. The van der Waals surface area contributed by atoms with Gasteiger partial charge in [0.15, 0.2) is 6.10 Å². The van der Waals surface area contributed by atoms with Gasteiger partial charge in [-0.15, -0.1) is 0 Å². The van der Waals surface area contributed by atoms with Crippen molar-refractivity contribution in [3.05, 3.63) is 11.6 Å². The fourth-order valence-corrected chi connectivity index (χ4v) is 3.26. The average molecular weight is 403 g/mol. The first-order chi connectivity index (χ1) is 13.1. The van der Waals surface area contributed by atoms with Crippen LogP contribution < -0.4 is 0 Å². The quantitative estimate of drug-likeness (QED) is 0.200. The standard InChI is InChI=1S/C22H42O6/c1-15(2)9-7-11-17(4)13-8-12-16(3)10-5-6-14-18(23)19(24)20(25)21(26)22(27)28/h10,15,17-21,23-26H,5-9,11-14H2,1-4H3,(H,27,28)/t17?,18?,19-,20+,21-/m0/s1. The van der Waals surface area contributed by atoms with Crippen LogP contribution in [0.5, 0.6) is 0 Å². The van der Waals surface area contributed by atoms with E-state index in [1.54, 1.807) is 0 Å². The van der Waals surface area contributed by atoms with Gasteiger partial charge in [0.25, 0.3) is 0 Å². The molecule has 5 N–H and O–H groups in total. The van der Waals surface area contributed by atoms with E-state index in [-0.39, 0.29) is 6.42 Å². The van der Waals surface area contributed by atoms with E-state index in [2.05, 4.69) is 33.8 Å². The summed E-state index contributed by atoms with van der Waals surface area (Å²) in [5.41, 5.74) is 1.31. The highest BCUT2D eigenvalue weighted by atomic mass is 16.4. The summed E-state index contributed by atoms with van der Waals surface area (Å²) in [4.78, 5) is 10.6. The van der Waals surface area contributed by atoms with Gasteiger partial charge in [0, 0.05) is 0 Å². The third-order valence-electron chi connectivity index (χ3n) is 5.26. The molecule has 0 aliphatic carbocycles. The summed E-state index contributed by atoms with van der Waals surface area (Å²) in [5, 5.41) is 47.0. The lowest BCUT2D eigenvalue weighted by Crippen LogP contribution is -2.47. The van der Waals surface area contributed by atoms with Crippen LogP contribution in [-0.2, 0) is 4.79 Å². The Morgan fingerprint density at radius 3 is 2.04 bits per heavy atom. The van der Waals surface area contributed by atoms with Gasteiger partial charge in [-0.3, -0.25) is 0 Å². The Bertz CT molecular complexity index is 448. The van der Waals surface area contributed by atoms with Crippen molar-refractivity contribution < 1.29 is 30.3 Å². The maximum Gasteiger partial charge on any atom is 0.335 e. The first-order valence-corrected chi connectivity index (χ1v) is 10.7. The minimum Gasteiger partial charge on any atom is -0.479 e. The van der Waals surface area contributed by atoms with Crippen molar-refractivity contribution >= 4 is 5.97 Å². The van der Waals surface area contributed by atoms with Gasteiger partial charge in [0.2, 0.25) is 0 Å². The predicted molar refractivity (Wildman–Crippen MR) is 111 cm³/mol. The van der Waals surface area contributed by atoms with Gasteiger partial charge >= 0.3 is 5.97 Å². The number of carboxylic acid groups (broad SMARTS) is 1. The zero-order valence-corrected chi connectivity index (χ0v) is 18.0. The SMILES string of the molecule is CC(=CCCCC(O)[C@H](O)[C@@H](O)[C@H](O)C(=O)O)CCCC(C)CCCC(C)C. The van der Waals surface area contributed by atoms with Crippen LogP contribution in [0.3, 0.4) is 0 Å². The van der Waals surface area contributed by atoms with Crippen LogP contribution in [0.25, 0.3) is 0 Å². The highest BCUT2D eigenvalue weighted by molar-refractivity contribution is 5.72. The van der Waals surface area contributed by atoms with Crippen molar-refractivity contribution in [2.75, 3.05) is 0 Å². The number of hydrogen-bond acceptors (Lipinski definition) is 5. The van der Waals surface area contributed by atoms with Crippen molar-refractivity contribution in [3.8, 4) is 0 Å². The van der Waals surface area contributed by atoms with Crippen molar-refractivity contribution in [2.24, 2.45) is 11.8 Å². The molecule has 28 heavy (non-hydrogen) atoms. The van der Waals surface area contributed by atoms with Gasteiger partial charge in [-0.2, -0.15) is 0 Å². The number of carboxylic acids is 1. The molecule has 0 radical (unpaired) electrons. The molecular weight excluding hydrogens is 360 g/mol. The summed E-state index contributed by atoms with van der Waals surface area (Å²) in [6, 6.07) is 0. The molecule has 0 rings (SSSR count). The molecule has 0 aromatic carbocycles. The van der Waals surface area contributed by atoms with Gasteiger partial charge in [-0.05, 0) is 50.9 Å². The summed E-state index contributed by atoms with van der Waals surface area (Å²) in [6.07, 6.45) is 4.09. The molecule has 0 spiro atoms. The Labute approximate surface area is 170 Å². The number of aliphatic carboxylic acids is 1. The molecule has 0 aliphatic rings. The van der Waals surface area contributed by atoms with Crippen molar-refractivity contribution in [1.82, 2.24) is 0 Å². The maximum atomic E-state index is 10.6. The molecule has 0 aromatic heterocycles. The molecule has 166 valence electrons. The number of hydrogen-bond donors (Lipinski definition) is 5. The molecule has 0 amide bonds. The van der Waals surface area contributed by atoms with E-state index in [0.29, 0.717) is 6.42 Å². The van der Waals surface area contributed by atoms with Crippen molar-refractivity contribution in [1.29, 1.82) is 0 Å². The molecule has 0 aromatic rings. The topological polar surface area (TPSA) is 118 Å². The highest BCUT2D eigenvalue weighted by Crippen LogP contribution is 2.19. The van der Waals surface area contributed by atoms with Crippen LogP contribution >= 0.6 is 0 Å². The average Bonchev–Trinajstić information content (AvgIpc) is 2.62. The van der Waals surface area contributed by atoms with E-state index in [1.165, 1.54) is 37.7 Å². The molecule has 0 heterocycles. The summed E-state index contributed by atoms with van der Waals surface area (Å²) < 4.78 is 0. The molecule has 0 aliphatic heterocycles. The minimum atomic E-state index is -2.11.